The fourth-order valence-corrected chi connectivity index (χ4v) is 5.06. The quantitative estimate of drug-likeness (QED) is 0.320. The average Bonchev–Trinajstić information content (AvgIpc) is 2.92. The van der Waals surface area contributed by atoms with Crippen molar-refractivity contribution in [2.75, 3.05) is 0 Å². The van der Waals surface area contributed by atoms with E-state index in [2.05, 4.69) is 122 Å². The standard InChI is InChI=1S/C26H25I/c1-4-5-6-9-19-17-26(2,3)24-16-18(12-13-21(19)24)20-14-15-25(27)23-11-8-7-10-22(20)23/h4-15,17,24H,16H2,1-3H3/b5-4-,9-6-. The molecule has 0 nitrogen and oxygen atoms in total. The maximum atomic E-state index is 2.45. The lowest BCUT2D eigenvalue weighted by molar-refractivity contribution is 0.354. The number of halogens is 1. The van der Waals surface area contributed by atoms with Crippen LogP contribution in [0.1, 0.15) is 32.8 Å². The number of allylic oxidation sites excluding steroid dienone is 10. The van der Waals surface area contributed by atoms with Gasteiger partial charge in [0.25, 0.3) is 0 Å². The Labute approximate surface area is 176 Å². The van der Waals surface area contributed by atoms with Gasteiger partial charge in [0.1, 0.15) is 0 Å². The van der Waals surface area contributed by atoms with Crippen LogP contribution in [0, 0.1) is 14.9 Å². The van der Waals surface area contributed by atoms with Gasteiger partial charge in [0.05, 0.1) is 0 Å². The molecule has 0 N–H and O–H groups in total. The molecule has 2 aliphatic carbocycles. The van der Waals surface area contributed by atoms with Crippen LogP contribution in [0.25, 0.3) is 16.3 Å². The zero-order valence-corrected chi connectivity index (χ0v) is 18.3. The Bertz CT molecular complexity index is 1040. The molecule has 1 unspecified atom stereocenters. The number of hydrogen-bond donors (Lipinski definition) is 0. The van der Waals surface area contributed by atoms with Crippen molar-refractivity contribution in [3.05, 3.63) is 99.2 Å². The average molecular weight is 464 g/mol. The minimum Gasteiger partial charge on any atom is -0.0877 e. The zero-order valence-electron chi connectivity index (χ0n) is 16.2. The van der Waals surface area contributed by atoms with Gasteiger partial charge in [-0.1, -0.05) is 86.7 Å². The van der Waals surface area contributed by atoms with E-state index in [4.69, 9.17) is 0 Å². The second-order valence-electron chi connectivity index (χ2n) is 8.02. The summed E-state index contributed by atoms with van der Waals surface area (Å²) in [6.07, 6.45) is 16.8. The van der Waals surface area contributed by atoms with Crippen molar-refractivity contribution in [3.63, 3.8) is 0 Å². The first kappa shape index (κ1) is 18.5. The lowest BCUT2D eigenvalue weighted by atomic mass is 9.73. The van der Waals surface area contributed by atoms with Crippen molar-refractivity contribution >= 4 is 38.9 Å². The molecule has 0 spiro atoms. The summed E-state index contributed by atoms with van der Waals surface area (Å²) in [6, 6.07) is 13.3. The Morgan fingerprint density at radius 3 is 2.56 bits per heavy atom. The fraction of sp³-hybridized carbons (Fsp3) is 0.231. The minimum absolute atomic E-state index is 0.181. The number of rotatable bonds is 3. The molecule has 0 aliphatic heterocycles. The monoisotopic (exact) mass is 464 g/mol. The maximum absolute atomic E-state index is 2.45. The third-order valence-electron chi connectivity index (χ3n) is 5.82. The van der Waals surface area contributed by atoms with E-state index in [1.165, 1.54) is 36.6 Å². The van der Waals surface area contributed by atoms with Crippen LogP contribution in [-0.4, -0.2) is 0 Å². The normalized spacial score (nSPS) is 21.5. The van der Waals surface area contributed by atoms with E-state index in [1.807, 2.05) is 0 Å². The van der Waals surface area contributed by atoms with E-state index in [-0.39, 0.29) is 5.41 Å². The lowest BCUT2D eigenvalue weighted by Crippen LogP contribution is -2.20. The van der Waals surface area contributed by atoms with Crippen molar-refractivity contribution in [2.24, 2.45) is 11.3 Å². The predicted octanol–water partition coefficient (Wildman–Crippen LogP) is 7.87. The largest absolute Gasteiger partial charge is 0.0877 e. The highest BCUT2D eigenvalue weighted by molar-refractivity contribution is 14.1. The van der Waals surface area contributed by atoms with Crippen molar-refractivity contribution in [2.45, 2.75) is 27.2 Å². The summed E-state index contributed by atoms with van der Waals surface area (Å²) in [5.41, 5.74) is 5.89. The van der Waals surface area contributed by atoms with Gasteiger partial charge in [-0.2, -0.15) is 0 Å². The van der Waals surface area contributed by atoms with E-state index in [0.29, 0.717) is 5.92 Å². The van der Waals surface area contributed by atoms with Gasteiger partial charge in [0.15, 0.2) is 0 Å². The number of benzene rings is 2. The zero-order chi connectivity index (χ0) is 19.0. The SMILES string of the molecule is C/C=C\C=C/C1=CC(C)(C)C2CC(c3ccc(I)c4ccccc34)=CC=C12. The van der Waals surface area contributed by atoms with E-state index < -0.39 is 0 Å². The highest BCUT2D eigenvalue weighted by Crippen LogP contribution is 2.51. The van der Waals surface area contributed by atoms with Crippen LogP contribution in [0.15, 0.2) is 90.1 Å². The molecular formula is C26H25I. The molecule has 2 aromatic carbocycles. The van der Waals surface area contributed by atoms with Gasteiger partial charge < -0.3 is 0 Å². The van der Waals surface area contributed by atoms with Crippen molar-refractivity contribution in [1.29, 1.82) is 0 Å². The summed E-state index contributed by atoms with van der Waals surface area (Å²) < 4.78 is 1.32. The second-order valence-corrected chi connectivity index (χ2v) is 9.18. The van der Waals surface area contributed by atoms with E-state index in [1.54, 1.807) is 0 Å². The molecular weight excluding hydrogens is 439 g/mol. The lowest BCUT2D eigenvalue weighted by Gasteiger charge is -2.31. The summed E-state index contributed by atoms with van der Waals surface area (Å²) in [4.78, 5) is 0. The molecule has 0 radical (unpaired) electrons. The molecule has 2 aliphatic rings. The Balaban J connectivity index is 1.77. The summed E-state index contributed by atoms with van der Waals surface area (Å²) >= 11 is 2.44. The van der Waals surface area contributed by atoms with E-state index in [9.17, 15) is 0 Å². The minimum atomic E-state index is 0.181. The molecule has 0 amide bonds. The molecule has 0 fully saturated rings. The fourth-order valence-electron chi connectivity index (χ4n) is 4.41. The van der Waals surface area contributed by atoms with Gasteiger partial charge in [0.2, 0.25) is 0 Å². The van der Waals surface area contributed by atoms with Gasteiger partial charge in [-0.25, -0.2) is 0 Å². The molecule has 0 saturated carbocycles. The summed E-state index contributed by atoms with van der Waals surface area (Å²) in [6.45, 7) is 6.80. The van der Waals surface area contributed by atoms with Crippen LogP contribution in [-0.2, 0) is 0 Å². The third kappa shape index (κ3) is 3.38. The Morgan fingerprint density at radius 1 is 1.00 bits per heavy atom. The van der Waals surface area contributed by atoms with Gasteiger partial charge in [0, 0.05) is 3.57 Å². The van der Waals surface area contributed by atoms with Gasteiger partial charge in [-0.3, -0.25) is 0 Å². The molecule has 0 saturated heterocycles. The first-order chi connectivity index (χ1) is 13.0. The first-order valence-corrected chi connectivity index (χ1v) is 10.7. The first-order valence-electron chi connectivity index (χ1n) is 9.62. The van der Waals surface area contributed by atoms with Crippen molar-refractivity contribution in [3.8, 4) is 0 Å². The number of fused-ring (bicyclic) bond motifs is 2. The van der Waals surface area contributed by atoms with E-state index in [0.717, 1.165) is 6.42 Å². The van der Waals surface area contributed by atoms with Crippen LogP contribution < -0.4 is 0 Å². The highest BCUT2D eigenvalue weighted by atomic mass is 127. The van der Waals surface area contributed by atoms with Gasteiger partial charge >= 0.3 is 0 Å². The van der Waals surface area contributed by atoms with Gasteiger partial charge in [-0.05, 0) is 86.4 Å². The summed E-state index contributed by atoms with van der Waals surface area (Å²) in [5, 5.41) is 2.72. The Morgan fingerprint density at radius 2 is 1.78 bits per heavy atom. The molecule has 0 bridgehead atoms. The molecule has 2 aromatic rings. The van der Waals surface area contributed by atoms with Crippen LogP contribution in [0.4, 0.5) is 0 Å². The molecule has 1 heteroatoms. The van der Waals surface area contributed by atoms with Gasteiger partial charge in [-0.15, -0.1) is 0 Å². The van der Waals surface area contributed by atoms with E-state index >= 15 is 0 Å². The summed E-state index contributed by atoms with van der Waals surface area (Å²) in [7, 11) is 0. The molecule has 136 valence electrons. The molecule has 0 heterocycles. The highest BCUT2D eigenvalue weighted by Gasteiger charge is 2.39. The number of hydrogen-bond acceptors (Lipinski definition) is 0. The Hall–Kier alpha value is -1.87. The van der Waals surface area contributed by atoms with Crippen molar-refractivity contribution in [1.82, 2.24) is 0 Å². The third-order valence-corrected chi connectivity index (χ3v) is 6.76. The van der Waals surface area contributed by atoms with Crippen LogP contribution in [0.5, 0.6) is 0 Å². The maximum Gasteiger partial charge on any atom is 0.0209 e. The molecule has 27 heavy (non-hydrogen) atoms. The second kappa shape index (κ2) is 7.27. The predicted molar refractivity (Wildman–Crippen MR) is 127 cm³/mol. The smallest absolute Gasteiger partial charge is 0.0209 e. The van der Waals surface area contributed by atoms with Crippen LogP contribution in [0.3, 0.4) is 0 Å². The Kier molecular flexibility index (Phi) is 4.98. The molecule has 4 rings (SSSR count). The van der Waals surface area contributed by atoms with Crippen molar-refractivity contribution < 1.29 is 0 Å². The van der Waals surface area contributed by atoms with Crippen LogP contribution >= 0.6 is 22.6 Å². The topological polar surface area (TPSA) is 0 Å². The molecule has 1 atom stereocenters. The summed E-state index contributed by atoms with van der Waals surface area (Å²) in [5.74, 6) is 0.542. The molecule has 0 aromatic heterocycles. The van der Waals surface area contributed by atoms with Crippen LogP contribution in [0.2, 0.25) is 0 Å².